The number of fused-ring (bicyclic) bond motifs is 6. The Morgan fingerprint density at radius 2 is 1.11 bits per heavy atom. The number of hydrogen-bond donors (Lipinski definition) is 0. The number of rotatable bonds is 5. The van der Waals surface area contributed by atoms with Crippen molar-refractivity contribution in [3.63, 3.8) is 0 Å². The fourth-order valence-electron chi connectivity index (χ4n) is 6.75. The average molecular weight is 605 g/mol. The van der Waals surface area contributed by atoms with E-state index in [4.69, 9.17) is 4.98 Å². The van der Waals surface area contributed by atoms with Gasteiger partial charge in [0.2, 0.25) is 0 Å². The molecule has 0 aliphatic rings. The number of para-hydroxylation sites is 2. The molecule has 8 aromatic carbocycles. The Kier molecular flexibility index (Phi) is 6.36. The van der Waals surface area contributed by atoms with Crippen LogP contribution in [-0.2, 0) is 0 Å². The Labute approximate surface area is 271 Å². The van der Waals surface area contributed by atoms with E-state index in [1.54, 1.807) is 11.3 Å². The molecule has 0 bridgehead atoms. The van der Waals surface area contributed by atoms with Gasteiger partial charge in [-0.3, -0.25) is 0 Å². The second kappa shape index (κ2) is 11.0. The first kappa shape index (κ1) is 26.6. The molecule has 0 spiro atoms. The summed E-state index contributed by atoms with van der Waals surface area (Å²) >= 11 is 1.76. The monoisotopic (exact) mass is 604 g/mol. The van der Waals surface area contributed by atoms with Gasteiger partial charge in [-0.05, 0) is 86.6 Å². The van der Waals surface area contributed by atoms with E-state index in [-0.39, 0.29) is 0 Å². The minimum atomic E-state index is 1.04. The molecule has 0 atom stereocenters. The zero-order valence-electron chi connectivity index (χ0n) is 25.0. The number of benzene rings is 8. The highest BCUT2D eigenvalue weighted by Crippen LogP contribution is 2.45. The molecule has 2 nitrogen and oxygen atoms in total. The molecule has 46 heavy (non-hydrogen) atoms. The van der Waals surface area contributed by atoms with Crippen LogP contribution in [0.4, 0.5) is 17.1 Å². The van der Waals surface area contributed by atoms with E-state index in [1.807, 2.05) is 0 Å². The van der Waals surface area contributed by atoms with Gasteiger partial charge in [0.1, 0.15) is 5.01 Å². The highest BCUT2D eigenvalue weighted by molar-refractivity contribution is 7.21. The maximum Gasteiger partial charge on any atom is 0.124 e. The Morgan fingerprint density at radius 3 is 1.87 bits per heavy atom. The topological polar surface area (TPSA) is 16.1 Å². The summed E-state index contributed by atoms with van der Waals surface area (Å²) in [6.07, 6.45) is 0. The van der Waals surface area contributed by atoms with Gasteiger partial charge in [0.05, 0.1) is 10.2 Å². The van der Waals surface area contributed by atoms with Crippen molar-refractivity contribution in [2.45, 2.75) is 0 Å². The quantitative estimate of drug-likeness (QED) is 0.182. The van der Waals surface area contributed by atoms with Crippen LogP contribution in [-0.4, -0.2) is 4.98 Å². The third kappa shape index (κ3) is 4.44. The van der Waals surface area contributed by atoms with Crippen LogP contribution in [0.25, 0.3) is 64.2 Å². The minimum absolute atomic E-state index is 1.04. The first-order valence-electron chi connectivity index (χ1n) is 15.6. The molecule has 0 aliphatic carbocycles. The zero-order chi connectivity index (χ0) is 30.5. The molecule has 1 heterocycles. The lowest BCUT2D eigenvalue weighted by atomic mass is 9.90. The summed E-state index contributed by atoms with van der Waals surface area (Å²) in [5, 5.41) is 8.34. The second-order valence-corrected chi connectivity index (χ2v) is 12.6. The molecule has 0 saturated heterocycles. The van der Waals surface area contributed by atoms with Gasteiger partial charge in [-0.15, -0.1) is 11.3 Å². The van der Waals surface area contributed by atoms with Crippen molar-refractivity contribution in [1.82, 2.24) is 4.98 Å². The fraction of sp³-hybridized carbons (Fsp3) is 0. The molecule has 0 aliphatic heterocycles. The maximum absolute atomic E-state index is 5.31. The van der Waals surface area contributed by atoms with E-state index in [0.717, 1.165) is 33.1 Å². The van der Waals surface area contributed by atoms with Crippen LogP contribution in [0.2, 0.25) is 0 Å². The van der Waals surface area contributed by atoms with E-state index < -0.39 is 0 Å². The molecule has 216 valence electrons. The molecular weight excluding hydrogens is 577 g/mol. The van der Waals surface area contributed by atoms with Crippen LogP contribution >= 0.6 is 11.3 Å². The van der Waals surface area contributed by atoms with Crippen LogP contribution in [0.1, 0.15) is 0 Å². The van der Waals surface area contributed by atoms with Crippen LogP contribution in [0.15, 0.2) is 170 Å². The van der Waals surface area contributed by atoms with Crippen LogP contribution in [0.5, 0.6) is 0 Å². The van der Waals surface area contributed by atoms with Gasteiger partial charge in [0.15, 0.2) is 0 Å². The van der Waals surface area contributed by atoms with Gasteiger partial charge in [-0.2, -0.15) is 0 Å². The van der Waals surface area contributed by atoms with E-state index >= 15 is 0 Å². The molecule has 0 amide bonds. The highest BCUT2D eigenvalue weighted by Gasteiger charge is 2.19. The third-order valence-corrected chi connectivity index (χ3v) is 9.91. The maximum atomic E-state index is 5.31. The standard InChI is InChI=1S/C43H28N2S/c1-4-14-30(15-5-1)43-44-42-40(46-43)26-23-31-27-38(36-22-12-16-29-13-10-11-21-35(29)36)37-25-24-34(28-39(37)41(31)42)45(32-17-6-2-7-18-32)33-19-8-3-9-20-33/h1-28H. The van der Waals surface area contributed by atoms with Crippen molar-refractivity contribution in [2.75, 3.05) is 4.90 Å². The number of aromatic nitrogens is 1. The lowest BCUT2D eigenvalue weighted by molar-refractivity contribution is 1.29. The van der Waals surface area contributed by atoms with E-state index in [2.05, 4.69) is 175 Å². The van der Waals surface area contributed by atoms with Gasteiger partial charge < -0.3 is 4.90 Å². The first-order chi connectivity index (χ1) is 22.8. The molecule has 0 saturated carbocycles. The summed E-state index contributed by atoms with van der Waals surface area (Å²) in [5.41, 5.74) is 8.02. The number of nitrogens with zero attached hydrogens (tertiary/aromatic N) is 2. The Morgan fingerprint density at radius 1 is 0.435 bits per heavy atom. The lowest BCUT2D eigenvalue weighted by Crippen LogP contribution is -2.09. The summed E-state index contributed by atoms with van der Waals surface area (Å²) in [4.78, 5) is 7.65. The minimum Gasteiger partial charge on any atom is -0.310 e. The van der Waals surface area contributed by atoms with Gasteiger partial charge in [-0.25, -0.2) is 4.98 Å². The van der Waals surface area contributed by atoms with Crippen molar-refractivity contribution in [2.24, 2.45) is 0 Å². The summed E-state index contributed by atoms with van der Waals surface area (Å²) < 4.78 is 1.19. The van der Waals surface area contributed by atoms with E-state index in [1.165, 1.54) is 48.1 Å². The van der Waals surface area contributed by atoms with Crippen LogP contribution < -0.4 is 4.90 Å². The molecule has 1 aromatic heterocycles. The number of thiazole rings is 1. The highest BCUT2D eigenvalue weighted by atomic mass is 32.1. The predicted octanol–water partition coefficient (Wildman–Crippen LogP) is 12.6. The predicted molar refractivity (Wildman–Crippen MR) is 198 cm³/mol. The smallest absolute Gasteiger partial charge is 0.124 e. The molecule has 0 fully saturated rings. The van der Waals surface area contributed by atoms with Crippen molar-refractivity contribution in [3.05, 3.63) is 170 Å². The summed E-state index contributed by atoms with van der Waals surface area (Å²) in [6, 6.07) is 60.9. The second-order valence-electron chi connectivity index (χ2n) is 11.6. The van der Waals surface area contributed by atoms with E-state index in [0.29, 0.717) is 0 Å². The van der Waals surface area contributed by atoms with Gasteiger partial charge >= 0.3 is 0 Å². The average Bonchev–Trinajstić information content (AvgIpc) is 3.57. The molecule has 3 heteroatoms. The third-order valence-electron chi connectivity index (χ3n) is 8.84. The molecular formula is C43H28N2S. The Bertz CT molecular complexity index is 2470. The normalized spacial score (nSPS) is 11.5. The zero-order valence-corrected chi connectivity index (χ0v) is 25.8. The van der Waals surface area contributed by atoms with Gasteiger partial charge in [0, 0.05) is 28.0 Å². The van der Waals surface area contributed by atoms with E-state index in [9.17, 15) is 0 Å². The van der Waals surface area contributed by atoms with Crippen molar-refractivity contribution in [1.29, 1.82) is 0 Å². The van der Waals surface area contributed by atoms with Crippen LogP contribution in [0, 0.1) is 0 Å². The SMILES string of the molecule is c1ccc(-c2nc3c(ccc4cc(-c5cccc6ccccc56)c5ccc(N(c6ccccc6)c6ccccc6)cc5c43)s2)cc1. The van der Waals surface area contributed by atoms with Gasteiger partial charge in [0.25, 0.3) is 0 Å². The molecule has 9 rings (SSSR count). The summed E-state index contributed by atoms with van der Waals surface area (Å²) in [7, 11) is 0. The van der Waals surface area contributed by atoms with Crippen molar-refractivity contribution < 1.29 is 0 Å². The number of hydrogen-bond acceptors (Lipinski definition) is 3. The lowest BCUT2D eigenvalue weighted by Gasteiger charge is -2.26. The largest absolute Gasteiger partial charge is 0.310 e. The molecule has 0 unspecified atom stereocenters. The van der Waals surface area contributed by atoms with Crippen molar-refractivity contribution in [3.8, 4) is 21.7 Å². The number of anilines is 3. The molecule has 0 N–H and O–H groups in total. The fourth-order valence-corrected chi connectivity index (χ4v) is 7.73. The molecule has 9 aromatic rings. The summed E-state index contributed by atoms with van der Waals surface area (Å²) in [6.45, 7) is 0. The summed E-state index contributed by atoms with van der Waals surface area (Å²) in [5.74, 6) is 0. The Hall–Kier alpha value is -5.77. The molecule has 0 radical (unpaired) electrons. The van der Waals surface area contributed by atoms with Gasteiger partial charge in [-0.1, -0.05) is 121 Å². The van der Waals surface area contributed by atoms with Crippen LogP contribution in [0.3, 0.4) is 0 Å². The van der Waals surface area contributed by atoms with Crippen molar-refractivity contribution >= 4 is 70.9 Å². The first-order valence-corrected chi connectivity index (χ1v) is 16.4. The Balaban J connectivity index is 1.38.